The molecule has 15 nitrogen and oxygen atoms in total. The predicted octanol–water partition coefficient (Wildman–Crippen LogP) is 4.97. The summed E-state index contributed by atoms with van der Waals surface area (Å²) in [5.74, 6) is 5.42. The maximum Gasteiger partial charge on any atom is 0.515 e. The number of carboxylic acids is 1. The van der Waals surface area contributed by atoms with E-state index in [0.717, 1.165) is 34.6 Å². The molecule has 0 aliphatic rings. The van der Waals surface area contributed by atoms with Crippen molar-refractivity contribution in [2.75, 3.05) is 6.73 Å². The highest BCUT2D eigenvalue weighted by Crippen LogP contribution is 2.26. The van der Waals surface area contributed by atoms with Gasteiger partial charge in [0.1, 0.15) is 18.2 Å². The minimum Gasteiger partial charge on any atom is -0.476 e. The van der Waals surface area contributed by atoms with Gasteiger partial charge in [0.25, 0.3) is 5.09 Å². The van der Waals surface area contributed by atoms with Gasteiger partial charge < -0.3 is 29.7 Å². The quantitative estimate of drug-likeness (QED) is 0.0224. The molecule has 0 atom stereocenters. The Kier molecular flexibility index (Phi) is 11.7. The number of hydrogen-bond donors (Lipinski definition) is 3. The van der Waals surface area contributed by atoms with Gasteiger partial charge in [-0.05, 0) is 29.2 Å². The number of rotatable bonds is 15. The number of aromatic nitrogens is 2. The van der Waals surface area contributed by atoms with Crippen molar-refractivity contribution in [1.29, 1.82) is 0 Å². The van der Waals surface area contributed by atoms with Crippen LogP contribution in [0.15, 0.2) is 77.9 Å². The molecular formula is C31H32ClN7O8. The Hall–Kier alpha value is -5.67. The van der Waals surface area contributed by atoms with E-state index in [1.807, 2.05) is 43.3 Å². The van der Waals surface area contributed by atoms with Crippen LogP contribution in [0.25, 0.3) is 11.1 Å². The van der Waals surface area contributed by atoms with Gasteiger partial charge in [0, 0.05) is 24.1 Å². The van der Waals surface area contributed by atoms with Gasteiger partial charge in [-0.15, -0.1) is 15.2 Å². The number of nitrogens with zero attached hydrogens (tertiary/aromatic N) is 5. The van der Waals surface area contributed by atoms with Gasteiger partial charge in [-0.2, -0.15) is 5.12 Å². The number of benzene rings is 3. The zero-order valence-electron chi connectivity index (χ0n) is 25.2. The fourth-order valence-electron chi connectivity index (χ4n) is 4.60. The van der Waals surface area contributed by atoms with Crippen LogP contribution in [0.5, 0.6) is 5.75 Å². The molecule has 47 heavy (non-hydrogen) atoms. The normalized spacial score (nSPS) is 11.2. The largest absolute Gasteiger partial charge is 0.515 e. The van der Waals surface area contributed by atoms with Crippen molar-refractivity contribution in [3.05, 3.63) is 116 Å². The van der Waals surface area contributed by atoms with E-state index < -0.39 is 30.5 Å². The fraction of sp³-hybridized carbons (Fsp3) is 0.226. The first-order valence-electron chi connectivity index (χ1n) is 14.3. The Morgan fingerprint density at radius 3 is 2.51 bits per heavy atom. The van der Waals surface area contributed by atoms with Crippen molar-refractivity contribution < 1.29 is 34.1 Å². The molecule has 246 valence electrons. The summed E-state index contributed by atoms with van der Waals surface area (Å²) in [5, 5.41) is 24.2. The van der Waals surface area contributed by atoms with Gasteiger partial charge >= 0.3 is 12.1 Å². The van der Waals surface area contributed by atoms with Gasteiger partial charge in [-0.25, -0.2) is 20.4 Å². The lowest BCUT2D eigenvalue weighted by Crippen LogP contribution is -2.33. The highest BCUT2D eigenvalue weighted by Gasteiger charge is 2.21. The molecule has 0 aliphatic carbocycles. The van der Waals surface area contributed by atoms with Crippen molar-refractivity contribution >= 4 is 29.6 Å². The number of aromatic carboxylic acids is 1. The zero-order valence-corrected chi connectivity index (χ0v) is 26.0. The Bertz CT molecular complexity index is 1760. The summed E-state index contributed by atoms with van der Waals surface area (Å²) in [4.78, 5) is 43.3. The van der Waals surface area contributed by atoms with E-state index >= 15 is 0 Å². The summed E-state index contributed by atoms with van der Waals surface area (Å²) in [6, 6.07) is 20.8. The van der Waals surface area contributed by atoms with E-state index in [9.17, 15) is 24.8 Å². The maximum absolute atomic E-state index is 12.2. The SMILES string of the molecule is CCCCc1nc(Cl)c(C(=O)O)n1Cc1ccc(-c2ccccc2/C(N)=N/N(N)COC(=O)Oc2ccccc2CO[N+](=O)[O-])cc1. The number of nitrogens with two attached hydrogens (primary N) is 2. The Morgan fingerprint density at radius 1 is 1.11 bits per heavy atom. The van der Waals surface area contributed by atoms with E-state index in [-0.39, 0.29) is 34.5 Å². The topological polar surface area (TPSA) is 211 Å². The van der Waals surface area contributed by atoms with Gasteiger partial charge in [-0.1, -0.05) is 91.7 Å². The first-order chi connectivity index (χ1) is 22.6. The van der Waals surface area contributed by atoms with E-state index in [1.54, 1.807) is 28.8 Å². The molecule has 0 amide bonds. The highest BCUT2D eigenvalue weighted by atomic mass is 35.5. The van der Waals surface area contributed by atoms with E-state index in [2.05, 4.69) is 14.9 Å². The van der Waals surface area contributed by atoms with Gasteiger partial charge in [0.15, 0.2) is 23.4 Å². The lowest BCUT2D eigenvalue weighted by molar-refractivity contribution is -0.763. The fourth-order valence-corrected chi connectivity index (χ4v) is 4.88. The number of imidazole rings is 1. The second kappa shape index (κ2) is 16.1. The molecular weight excluding hydrogens is 634 g/mol. The van der Waals surface area contributed by atoms with E-state index in [1.165, 1.54) is 12.1 Å². The number of carbonyl (C=O) groups excluding carboxylic acids is 1. The molecule has 0 saturated carbocycles. The van der Waals surface area contributed by atoms with Crippen molar-refractivity contribution in [3.8, 4) is 16.9 Å². The standard InChI is InChI=1S/C31H32ClN7O8/c1-2-3-12-26-35-28(32)27(30(40)41)37(26)17-20-13-15-21(16-14-20)23-9-5-6-10-24(23)29(33)36-38(34)19-45-31(42)47-25-11-7-4-8-22(25)18-46-39(43)44/h4-11,13-16H,2-3,12,17-19,34H2,1H3,(H2,33,36)(H,40,41). The van der Waals surface area contributed by atoms with E-state index in [0.29, 0.717) is 17.8 Å². The van der Waals surface area contributed by atoms with Crippen LogP contribution in [0.1, 0.15) is 52.8 Å². The third-order valence-corrected chi connectivity index (χ3v) is 7.08. The lowest BCUT2D eigenvalue weighted by atomic mass is 9.98. The monoisotopic (exact) mass is 665 g/mol. The number of carboxylic acid groups (broad SMARTS) is 1. The number of hydrogen-bond acceptors (Lipinski definition) is 11. The molecule has 5 N–H and O–H groups in total. The number of hydrazine groups is 1. The van der Waals surface area contributed by atoms with Crippen molar-refractivity contribution in [2.45, 2.75) is 39.3 Å². The van der Waals surface area contributed by atoms with Crippen LogP contribution < -0.4 is 16.3 Å². The molecule has 0 spiro atoms. The maximum atomic E-state index is 12.2. The van der Waals surface area contributed by atoms with Crippen LogP contribution in [-0.2, 0) is 29.1 Å². The average molecular weight is 666 g/mol. The summed E-state index contributed by atoms with van der Waals surface area (Å²) >= 11 is 6.17. The second-order valence-corrected chi connectivity index (χ2v) is 10.4. The number of unbranched alkanes of at least 4 members (excludes halogenated alkanes) is 1. The highest BCUT2D eigenvalue weighted by molar-refractivity contribution is 6.32. The molecule has 16 heteroatoms. The Labute approximate surface area is 274 Å². The summed E-state index contributed by atoms with van der Waals surface area (Å²) in [6.45, 7) is 1.37. The van der Waals surface area contributed by atoms with Crippen LogP contribution in [0.4, 0.5) is 4.79 Å². The number of ether oxygens (including phenoxy) is 2. The van der Waals surface area contributed by atoms with Crippen LogP contribution in [0.2, 0.25) is 5.15 Å². The van der Waals surface area contributed by atoms with Crippen LogP contribution in [0.3, 0.4) is 0 Å². The molecule has 0 unspecified atom stereocenters. The predicted molar refractivity (Wildman–Crippen MR) is 171 cm³/mol. The number of para-hydroxylation sites is 1. The number of hydrazone groups is 1. The summed E-state index contributed by atoms with van der Waals surface area (Å²) in [7, 11) is 0. The number of amidine groups is 1. The molecule has 0 bridgehead atoms. The van der Waals surface area contributed by atoms with Crippen LogP contribution in [-0.4, -0.2) is 49.6 Å². The van der Waals surface area contributed by atoms with Crippen LogP contribution >= 0.6 is 11.6 Å². The second-order valence-electron chi connectivity index (χ2n) is 10.1. The molecule has 0 aliphatic heterocycles. The summed E-state index contributed by atoms with van der Waals surface area (Å²) in [5.41, 5.74) is 9.43. The van der Waals surface area contributed by atoms with Crippen molar-refractivity contribution in [2.24, 2.45) is 16.7 Å². The van der Waals surface area contributed by atoms with Gasteiger partial charge in [0.05, 0.1) is 0 Å². The summed E-state index contributed by atoms with van der Waals surface area (Å²) in [6.07, 6.45) is 1.25. The Morgan fingerprint density at radius 2 is 1.81 bits per heavy atom. The van der Waals surface area contributed by atoms with E-state index in [4.69, 9.17) is 32.7 Å². The van der Waals surface area contributed by atoms with Crippen molar-refractivity contribution in [1.82, 2.24) is 14.7 Å². The van der Waals surface area contributed by atoms with Gasteiger partial charge in [0.2, 0.25) is 0 Å². The molecule has 4 rings (SSSR count). The molecule has 4 aromatic rings. The minimum absolute atomic E-state index is 0.0129. The third-order valence-electron chi connectivity index (χ3n) is 6.81. The van der Waals surface area contributed by atoms with Crippen LogP contribution in [0, 0.1) is 10.1 Å². The van der Waals surface area contributed by atoms with Crippen molar-refractivity contribution in [3.63, 3.8) is 0 Å². The molecule has 0 radical (unpaired) electrons. The number of carbonyl (C=O) groups is 2. The molecule has 0 saturated heterocycles. The first kappa shape index (κ1) is 34.2. The molecule has 1 aromatic heterocycles. The molecule has 1 heterocycles. The number of halogens is 1. The number of aryl methyl sites for hydroxylation is 1. The molecule has 3 aromatic carbocycles. The minimum atomic E-state index is -1.15. The Balaban J connectivity index is 1.43. The third kappa shape index (κ3) is 9.18. The smallest absolute Gasteiger partial charge is 0.476 e. The van der Waals surface area contributed by atoms with Gasteiger partial charge in [-0.3, -0.25) is 0 Å². The summed E-state index contributed by atoms with van der Waals surface area (Å²) < 4.78 is 11.8. The zero-order chi connectivity index (χ0) is 33.9. The lowest BCUT2D eigenvalue weighted by Gasteiger charge is -2.16. The first-order valence-corrected chi connectivity index (χ1v) is 14.7. The average Bonchev–Trinajstić information content (AvgIpc) is 3.36. The molecule has 0 fully saturated rings.